The van der Waals surface area contributed by atoms with Gasteiger partial charge in [0.25, 0.3) is 5.91 Å². The molecular weight excluding hydrogens is 264 g/mol. The molecule has 1 heterocycles. The summed E-state index contributed by atoms with van der Waals surface area (Å²) < 4.78 is 13.6. The highest BCUT2D eigenvalue weighted by Gasteiger charge is 2.24. The summed E-state index contributed by atoms with van der Waals surface area (Å²) in [7, 11) is 0. The minimum absolute atomic E-state index is 0.00207. The molecule has 5 heteroatoms. The zero-order chi connectivity index (χ0) is 12.4. The van der Waals surface area contributed by atoms with Crippen molar-refractivity contribution in [3.05, 3.63) is 33.6 Å². The van der Waals surface area contributed by atoms with Gasteiger partial charge in [0, 0.05) is 13.1 Å². The van der Waals surface area contributed by atoms with Gasteiger partial charge >= 0.3 is 0 Å². The predicted octanol–water partition coefficient (Wildman–Crippen LogP) is 3.76. The standard InChI is InChI=1S/C12H12Cl2FNO/c13-8-4-5-9(15)10(11(8)14)12(17)16-6-2-1-3-7-16/h4-5H,1-3,6-7H2. The topological polar surface area (TPSA) is 20.3 Å². The third-order valence-electron chi connectivity index (χ3n) is 2.90. The first-order valence-electron chi connectivity index (χ1n) is 5.54. The van der Waals surface area contributed by atoms with Crippen LogP contribution in [0.4, 0.5) is 4.39 Å². The molecule has 1 saturated heterocycles. The van der Waals surface area contributed by atoms with E-state index in [4.69, 9.17) is 23.2 Å². The third kappa shape index (κ3) is 2.55. The molecule has 1 aliphatic rings. The second-order valence-electron chi connectivity index (χ2n) is 4.07. The Bertz CT molecular complexity index is 444. The van der Waals surface area contributed by atoms with Gasteiger partial charge in [-0.25, -0.2) is 4.39 Å². The van der Waals surface area contributed by atoms with E-state index in [2.05, 4.69) is 0 Å². The Kier molecular flexibility index (Phi) is 3.89. The summed E-state index contributed by atoms with van der Waals surface area (Å²) in [5.74, 6) is -0.982. The molecule has 0 unspecified atom stereocenters. The summed E-state index contributed by atoms with van der Waals surface area (Å²) in [6.07, 6.45) is 3.01. The minimum Gasteiger partial charge on any atom is -0.339 e. The van der Waals surface area contributed by atoms with Crippen molar-refractivity contribution < 1.29 is 9.18 Å². The van der Waals surface area contributed by atoms with Crippen LogP contribution in [0.15, 0.2) is 12.1 Å². The van der Waals surface area contributed by atoms with Crippen molar-refractivity contribution in [3.8, 4) is 0 Å². The van der Waals surface area contributed by atoms with Crippen molar-refractivity contribution in [1.82, 2.24) is 4.90 Å². The molecule has 1 fully saturated rings. The maximum absolute atomic E-state index is 13.6. The first kappa shape index (κ1) is 12.7. The van der Waals surface area contributed by atoms with Gasteiger partial charge in [0.15, 0.2) is 0 Å². The molecule has 2 rings (SSSR count). The fourth-order valence-corrected chi connectivity index (χ4v) is 2.37. The maximum atomic E-state index is 13.6. The lowest BCUT2D eigenvalue weighted by Gasteiger charge is -2.27. The fourth-order valence-electron chi connectivity index (χ4n) is 1.98. The number of carbonyl (C=O) groups excluding carboxylic acids is 1. The summed E-state index contributed by atoms with van der Waals surface area (Å²) in [4.78, 5) is 13.8. The summed E-state index contributed by atoms with van der Waals surface area (Å²) in [6.45, 7) is 1.31. The van der Waals surface area contributed by atoms with E-state index >= 15 is 0 Å². The van der Waals surface area contributed by atoms with E-state index in [1.807, 2.05) is 0 Å². The number of piperidine rings is 1. The van der Waals surface area contributed by atoms with Crippen molar-refractivity contribution in [2.24, 2.45) is 0 Å². The van der Waals surface area contributed by atoms with Crippen LogP contribution in [-0.4, -0.2) is 23.9 Å². The van der Waals surface area contributed by atoms with Crippen molar-refractivity contribution in [3.63, 3.8) is 0 Å². The molecule has 1 aromatic carbocycles. The van der Waals surface area contributed by atoms with Gasteiger partial charge in [-0.05, 0) is 31.4 Å². The largest absolute Gasteiger partial charge is 0.339 e. The zero-order valence-electron chi connectivity index (χ0n) is 9.18. The molecule has 0 aliphatic carbocycles. The molecule has 1 aromatic rings. The van der Waals surface area contributed by atoms with Gasteiger partial charge in [-0.1, -0.05) is 23.2 Å². The van der Waals surface area contributed by atoms with E-state index in [-0.39, 0.29) is 21.5 Å². The number of hydrogen-bond acceptors (Lipinski definition) is 1. The molecule has 0 atom stereocenters. The molecule has 92 valence electrons. The molecule has 0 bridgehead atoms. The molecule has 0 radical (unpaired) electrons. The predicted molar refractivity (Wildman–Crippen MR) is 66.2 cm³/mol. The van der Waals surface area contributed by atoms with Gasteiger partial charge in [0.05, 0.1) is 15.6 Å². The lowest BCUT2D eigenvalue weighted by Crippen LogP contribution is -2.36. The first-order valence-corrected chi connectivity index (χ1v) is 6.29. The summed E-state index contributed by atoms with van der Waals surface area (Å²) in [5, 5.41) is 0.204. The van der Waals surface area contributed by atoms with Crippen molar-refractivity contribution in [2.75, 3.05) is 13.1 Å². The van der Waals surface area contributed by atoms with Crippen molar-refractivity contribution in [1.29, 1.82) is 0 Å². The number of likely N-dealkylation sites (tertiary alicyclic amines) is 1. The third-order valence-corrected chi connectivity index (χ3v) is 3.71. The van der Waals surface area contributed by atoms with Gasteiger partial charge in [-0.3, -0.25) is 4.79 Å². The van der Waals surface area contributed by atoms with Crippen LogP contribution in [0.3, 0.4) is 0 Å². The number of hydrogen-bond donors (Lipinski definition) is 0. The highest BCUT2D eigenvalue weighted by atomic mass is 35.5. The number of carbonyl (C=O) groups is 1. The second-order valence-corrected chi connectivity index (χ2v) is 4.86. The van der Waals surface area contributed by atoms with Crippen LogP contribution >= 0.6 is 23.2 Å². The highest BCUT2D eigenvalue weighted by Crippen LogP contribution is 2.29. The van der Waals surface area contributed by atoms with Crippen LogP contribution in [0.2, 0.25) is 10.0 Å². The average Bonchev–Trinajstić information content (AvgIpc) is 2.35. The first-order chi connectivity index (χ1) is 8.11. The number of rotatable bonds is 1. The van der Waals surface area contributed by atoms with Crippen molar-refractivity contribution in [2.45, 2.75) is 19.3 Å². The smallest absolute Gasteiger partial charge is 0.258 e. The van der Waals surface area contributed by atoms with E-state index in [9.17, 15) is 9.18 Å². The second kappa shape index (κ2) is 5.23. The number of amides is 1. The summed E-state index contributed by atoms with van der Waals surface area (Å²) >= 11 is 11.7. The summed E-state index contributed by atoms with van der Waals surface area (Å²) in [6, 6.07) is 2.53. The van der Waals surface area contributed by atoms with Gasteiger partial charge in [0.1, 0.15) is 5.82 Å². The van der Waals surface area contributed by atoms with Gasteiger partial charge in [0.2, 0.25) is 0 Å². The van der Waals surface area contributed by atoms with E-state index < -0.39 is 5.82 Å². The monoisotopic (exact) mass is 275 g/mol. The SMILES string of the molecule is O=C(c1c(F)ccc(Cl)c1Cl)N1CCCCC1. The van der Waals surface area contributed by atoms with Crippen LogP contribution in [0.25, 0.3) is 0 Å². The van der Waals surface area contributed by atoms with Crippen LogP contribution in [0.1, 0.15) is 29.6 Å². The Morgan fingerprint density at radius 2 is 1.82 bits per heavy atom. The minimum atomic E-state index is -0.616. The molecule has 0 N–H and O–H groups in total. The van der Waals surface area contributed by atoms with Crippen LogP contribution in [0, 0.1) is 5.82 Å². The zero-order valence-corrected chi connectivity index (χ0v) is 10.7. The van der Waals surface area contributed by atoms with Gasteiger partial charge in [-0.2, -0.15) is 0 Å². The maximum Gasteiger partial charge on any atom is 0.258 e. The molecule has 1 amide bonds. The van der Waals surface area contributed by atoms with E-state index in [1.165, 1.54) is 12.1 Å². The lowest BCUT2D eigenvalue weighted by atomic mass is 10.1. The molecule has 0 spiro atoms. The number of nitrogens with zero attached hydrogens (tertiary/aromatic N) is 1. The molecule has 1 aliphatic heterocycles. The van der Waals surface area contributed by atoms with E-state index in [0.29, 0.717) is 13.1 Å². The average molecular weight is 276 g/mol. The van der Waals surface area contributed by atoms with E-state index in [0.717, 1.165) is 19.3 Å². The summed E-state index contributed by atoms with van der Waals surface area (Å²) in [5.41, 5.74) is -0.110. The van der Waals surface area contributed by atoms with Crippen LogP contribution in [0.5, 0.6) is 0 Å². The lowest BCUT2D eigenvalue weighted by molar-refractivity contribution is 0.0720. The Morgan fingerprint density at radius 3 is 2.47 bits per heavy atom. The van der Waals surface area contributed by atoms with E-state index in [1.54, 1.807) is 4.90 Å². The fraction of sp³-hybridized carbons (Fsp3) is 0.417. The molecule has 2 nitrogen and oxygen atoms in total. The Balaban J connectivity index is 2.32. The Morgan fingerprint density at radius 1 is 1.18 bits per heavy atom. The van der Waals surface area contributed by atoms with Crippen LogP contribution < -0.4 is 0 Å². The highest BCUT2D eigenvalue weighted by molar-refractivity contribution is 6.43. The number of benzene rings is 1. The van der Waals surface area contributed by atoms with Gasteiger partial charge in [-0.15, -0.1) is 0 Å². The van der Waals surface area contributed by atoms with Gasteiger partial charge < -0.3 is 4.90 Å². The Labute approximate surface area is 109 Å². The van der Waals surface area contributed by atoms with Crippen molar-refractivity contribution >= 4 is 29.1 Å². The molecule has 0 saturated carbocycles. The molecule has 0 aromatic heterocycles. The van der Waals surface area contributed by atoms with Crippen LogP contribution in [-0.2, 0) is 0 Å². The Hall–Kier alpha value is -0.800. The normalized spacial score (nSPS) is 16.1. The molecule has 17 heavy (non-hydrogen) atoms. The number of halogens is 3. The molecular formula is C12H12Cl2FNO. The quantitative estimate of drug-likeness (QED) is 0.715.